The van der Waals surface area contributed by atoms with Crippen molar-refractivity contribution < 1.29 is 13.2 Å². The molecular weight excluding hydrogens is 203 g/mol. The maximum absolute atomic E-state index is 13.4. The number of rotatable bonds is 1. The van der Waals surface area contributed by atoms with Crippen molar-refractivity contribution in [1.29, 1.82) is 0 Å². The molecular formula is C11H12F3N. The lowest BCUT2D eigenvalue weighted by atomic mass is 9.88. The summed E-state index contributed by atoms with van der Waals surface area (Å²) in [4.78, 5) is 0. The largest absolute Gasteiger partial charge is 0.321 e. The summed E-state index contributed by atoms with van der Waals surface area (Å²) in [6, 6.07) is 1.37. The first-order valence-electron chi connectivity index (χ1n) is 4.97. The maximum Gasteiger partial charge on any atom is 0.134 e. The molecule has 0 atom stereocenters. The summed E-state index contributed by atoms with van der Waals surface area (Å²) in [5.74, 6) is -2.66. The summed E-state index contributed by atoms with van der Waals surface area (Å²) in [6.07, 6.45) is 2.80. The normalized spacial score (nSPS) is 19.5. The molecule has 0 heterocycles. The lowest BCUT2D eigenvalue weighted by Crippen LogP contribution is -2.35. The van der Waals surface area contributed by atoms with E-state index in [0.29, 0.717) is 25.0 Å². The fourth-order valence-corrected chi connectivity index (χ4v) is 2.27. The van der Waals surface area contributed by atoms with Crippen molar-refractivity contribution in [1.82, 2.24) is 0 Å². The topological polar surface area (TPSA) is 26.0 Å². The average Bonchev–Trinajstić information content (AvgIpc) is 2.50. The summed E-state index contributed by atoms with van der Waals surface area (Å²) < 4.78 is 39.6. The fourth-order valence-electron chi connectivity index (χ4n) is 2.27. The monoisotopic (exact) mass is 215 g/mol. The molecule has 0 aromatic heterocycles. The predicted octanol–water partition coefficient (Wildman–Crippen LogP) is 2.83. The van der Waals surface area contributed by atoms with Crippen LogP contribution >= 0.6 is 0 Å². The van der Waals surface area contributed by atoms with E-state index in [1.54, 1.807) is 0 Å². The highest BCUT2D eigenvalue weighted by molar-refractivity contribution is 5.29. The fraction of sp³-hybridized carbons (Fsp3) is 0.455. The van der Waals surface area contributed by atoms with Crippen LogP contribution in [0.5, 0.6) is 0 Å². The second kappa shape index (κ2) is 3.52. The molecule has 0 aliphatic heterocycles. The summed E-state index contributed by atoms with van der Waals surface area (Å²) in [7, 11) is 0. The number of nitrogens with two attached hydrogens (primary N) is 1. The van der Waals surface area contributed by atoms with E-state index in [-0.39, 0.29) is 5.56 Å². The Morgan fingerprint density at radius 1 is 1.00 bits per heavy atom. The van der Waals surface area contributed by atoms with E-state index >= 15 is 0 Å². The molecule has 15 heavy (non-hydrogen) atoms. The average molecular weight is 215 g/mol. The number of hydrogen-bond donors (Lipinski definition) is 1. The quantitative estimate of drug-likeness (QED) is 0.765. The Morgan fingerprint density at radius 3 is 1.93 bits per heavy atom. The van der Waals surface area contributed by atoms with Crippen LogP contribution in [-0.4, -0.2) is 0 Å². The zero-order valence-corrected chi connectivity index (χ0v) is 8.19. The summed E-state index contributed by atoms with van der Waals surface area (Å²) in [5.41, 5.74) is 4.81. The van der Waals surface area contributed by atoms with Crippen molar-refractivity contribution >= 4 is 0 Å². The lowest BCUT2D eigenvalue weighted by molar-refractivity contribution is 0.400. The van der Waals surface area contributed by atoms with Crippen molar-refractivity contribution in [2.45, 2.75) is 31.2 Å². The predicted molar refractivity (Wildman–Crippen MR) is 50.6 cm³/mol. The molecule has 1 aromatic rings. The van der Waals surface area contributed by atoms with Gasteiger partial charge in [-0.2, -0.15) is 0 Å². The van der Waals surface area contributed by atoms with Crippen molar-refractivity contribution in [3.63, 3.8) is 0 Å². The molecule has 1 saturated carbocycles. The highest BCUT2D eigenvalue weighted by Gasteiger charge is 2.36. The minimum atomic E-state index is -0.956. The van der Waals surface area contributed by atoms with Crippen molar-refractivity contribution in [3.05, 3.63) is 35.1 Å². The Morgan fingerprint density at radius 2 is 1.47 bits per heavy atom. The van der Waals surface area contributed by atoms with Crippen LogP contribution in [0.2, 0.25) is 0 Å². The van der Waals surface area contributed by atoms with E-state index in [2.05, 4.69) is 0 Å². The van der Waals surface area contributed by atoms with Gasteiger partial charge in [-0.05, 0) is 12.8 Å². The second-order valence-electron chi connectivity index (χ2n) is 4.11. The van der Waals surface area contributed by atoms with E-state index in [4.69, 9.17) is 5.73 Å². The molecule has 82 valence electrons. The van der Waals surface area contributed by atoms with Gasteiger partial charge in [0.25, 0.3) is 0 Å². The first kappa shape index (κ1) is 10.5. The number of halogens is 3. The van der Waals surface area contributed by atoms with E-state index in [9.17, 15) is 13.2 Å². The van der Waals surface area contributed by atoms with Crippen LogP contribution in [0.15, 0.2) is 12.1 Å². The van der Waals surface area contributed by atoms with E-state index in [0.717, 1.165) is 12.8 Å². The summed E-state index contributed by atoms with van der Waals surface area (Å²) in [6.45, 7) is 0. The molecule has 1 aromatic carbocycles. The molecule has 1 aliphatic carbocycles. The van der Waals surface area contributed by atoms with Crippen LogP contribution in [0.3, 0.4) is 0 Å². The van der Waals surface area contributed by atoms with Crippen LogP contribution in [0.4, 0.5) is 13.2 Å². The van der Waals surface area contributed by atoms with Crippen LogP contribution < -0.4 is 5.73 Å². The minimum absolute atomic E-state index is 0.165. The Kier molecular flexibility index (Phi) is 2.46. The molecule has 0 unspecified atom stereocenters. The number of hydrogen-bond acceptors (Lipinski definition) is 1. The molecule has 2 N–H and O–H groups in total. The van der Waals surface area contributed by atoms with E-state index in [1.807, 2.05) is 0 Å². The van der Waals surface area contributed by atoms with Gasteiger partial charge in [0.1, 0.15) is 17.5 Å². The molecule has 0 radical (unpaired) electrons. The Balaban J connectivity index is 2.52. The smallest absolute Gasteiger partial charge is 0.134 e. The van der Waals surface area contributed by atoms with Crippen molar-refractivity contribution in [2.24, 2.45) is 5.73 Å². The molecule has 1 fully saturated rings. The molecule has 0 spiro atoms. The van der Waals surface area contributed by atoms with Gasteiger partial charge in [0.2, 0.25) is 0 Å². The van der Waals surface area contributed by atoms with Crippen LogP contribution in [0, 0.1) is 17.5 Å². The lowest BCUT2D eigenvalue weighted by Gasteiger charge is -2.25. The third kappa shape index (κ3) is 1.74. The van der Waals surface area contributed by atoms with Crippen molar-refractivity contribution in [2.75, 3.05) is 0 Å². The van der Waals surface area contributed by atoms with Crippen LogP contribution in [0.25, 0.3) is 0 Å². The van der Waals surface area contributed by atoms with Gasteiger partial charge in [-0.15, -0.1) is 0 Å². The van der Waals surface area contributed by atoms with Gasteiger partial charge in [-0.3, -0.25) is 0 Å². The third-order valence-corrected chi connectivity index (χ3v) is 3.00. The Bertz CT molecular complexity index is 360. The van der Waals surface area contributed by atoms with Gasteiger partial charge in [-0.1, -0.05) is 12.8 Å². The van der Waals surface area contributed by atoms with Gasteiger partial charge < -0.3 is 5.73 Å². The molecule has 2 rings (SSSR count). The zero-order valence-electron chi connectivity index (χ0n) is 8.19. The first-order valence-corrected chi connectivity index (χ1v) is 4.97. The van der Waals surface area contributed by atoms with E-state index in [1.165, 1.54) is 0 Å². The molecule has 4 heteroatoms. The van der Waals surface area contributed by atoms with E-state index < -0.39 is 23.0 Å². The third-order valence-electron chi connectivity index (χ3n) is 3.00. The van der Waals surface area contributed by atoms with Gasteiger partial charge in [0.15, 0.2) is 0 Å². The van der Waals surface area contributed by atoms with Gasteiger partial charge in [0.05, 0.1) is 0 Å². The minimum Gasteiger partial charge on any atom is -0.321 e. The summed E-state index contributed by atoms with van der Waals surface area (Å²) >= 11 is 0. The first-order chi connectivity index (χ1) is 7.03. The Hall–Kier alpha value is -1.03. The van der Waals surface area contributed by atoms with Crippen LogP contribution in [-0.2, 0) is 5.54 Å². The summed E-state index contributed by atoms with van der Waals surface area (Å²) in [5, 5.41) is 0. The van der Waals surface area contributed by atoms with Gasteiger partial charge >= 0.3 is 0 Å². The molecule has 0 bridgehead atoms. The standard InChI is InChI=1S/C11H12F3N/c12-7-5-8(13)10(9(14)6-7)11(15)3-1-2-4-11/h5-6H,1-4,15H2. The maximum atomic E-state index is 13.4. The Labute approximate surface area is 86.1 Å². The van der Waals surface area contributed by atoms with Crippen LogP contribution in [0.1, 0.15) is 31.2 Å². The van der Waals surface area contributed by atoms with Gasteiger partial charge in [0, 0.05) is 23.2 Å². The highest BCUT2D eigenvalue weighted by Crippen LogP contribution is 2.38. The molecule has 1 nitrogen and oxygen atoms in total. The highest BCUT2D eigenvalue weighted by atomic mass is 19.1. The number of benzene rings is 1. The van der Waals surface area contributed by atoms with Gasteiger partial charge in [-0.25, -0.2) is 13.2 Å². The second-order valence-corrected chi connectivity index (χ2v) is 4.11. The molecule has 0 amide bonds. The zero-order chi connectivity index (χ0) is 11.1. The van der Waals surface area contributed by atoms with Crippen molar-refractivity contribution in [3.8, 4) is 0 Å². The SMILES string of the molecule is NC1(c2c(F)cc(F)cc2F)CCCC1. The molecule has 0 saturated heterocycles. The molecule has 1 aliphatic rings.